The van der Waals surface area contributed by atoms with Gasteiger partial charge in [0, 0.05) is 40.2 Å². The van der Waals surface area contributed by atoms with Crippen LogP contribution in [0.3, 0.4) is 0 Å². The van der Waals surface area contributed by atoms with Gasteiger partial charge in [-0.2, -0.15) is 9.13 Å². The van der Waals surface area contributed by atoms with E-state index in [1.165, 1.54) is 22.1 Å². The molecular weight excluding hydrogens is 805 g/mol. The van der Waals surface area contributed by atoms with Gasteiger partial charge in [0.05, 0.1) is 24.7 Å². The molecule has 0 saturated heterocycles. The molecule has 7 aromatic carbocycles. The molecule has 0 N–H and O–H groups in total. The molecule has 0 saturated carbocycles. The van der Waals surface area contributed by atoms with Gasteiger partial charge < -0.3 is 4.74 Å². The molecule has 326 valence electrons. The molecule has 0 bridgehead atoms. The Morgan fingerprint density at radius 2 is 1.29 bits per heavy atom. The zero-order valence-corrected chi connectivity index (χ0v) is 38.7. The Labute approximate surface area is 402 Å². The number of hydrogen-bond acceptors (Lipinski definition) is 2. The second-order valence-electron chi connectivity index (χ2n) is 20.1. The lowest BCUT2D eigenvalue weighted by atomic mass is 9.59. The quantitative estimate of drug-likeness (QED) is 0.150. The van der Waals surface area contributed by atoms with Crippen LogP contribution in [0.1, 0.15) is 92.7 Å². The molecule has 1 aliphatic rings. The summed E-state index contributed by atoms with van der Waals surface area (Å²) in [5, 5.41) is 2.32. The van der Waals surface area contributed by atoms with Crippen molar-refractivity contribution >= 4 is 32.8 Å². The van der Waals surface area contributed by atoms with E-state index in [9.17, 15) is 0 Å². The number of pyridine rings is 1. The monoisotopic (exact) mass is 872 g/mol. The SMILES string of the molecule is [2H]c1c([2H])c([2H])c(-c2cccc(-c3c([2H])c([2H])c([2H])c([2H])c3[2H])c2-[n+]2cn(-c3cccc(Oc4ccc5c6c7c(ccc6n(-c6cc(C(C)(C)C)ccn6)c5c4)C(C)(C)C(C)(C)C7(C)C)c3)c3ccccc32)c([2H])c1[2H]. The van der Waals surface area contributed by atoms with Gasteiger partial charge in [0.25, 0.3) is 6.33 Å². The van der Waals surface area contributed by atoms with E-state index in [0.717, 1.165) is 22.2 Å². The van der Waals surface area contributed by atoms with Crippen LogP contribution in [0.2, 0.25) is 0 Å². The van der Waals surface area contributed by atoms with Crippen LogP contribution in [0.5, 0.6) is 11.5 Å². The van der Waals surface area contributed by atoms with Gasteiger partial charge >= 0.3 is 0 Å². The lowest BCUT2D eigenvalue weighted by Gasteiger charge is -2.44. The Morgan fingerprint density at radius 3 is 1.98 bits per heavy atom. The van der Waals surface area contributed by atoms with Crippen LogP contribution in [0.4, 0.5) is 0 Å². The second-order valence-corrected chi connectivity index (χ2v) is 20.1. The van der Waals surface area contributed by atoms with Crippen LogP contribution in [0.25, 0.3) is 72.3 Å². The molecule has 66 heavy (non-hydrogen) atoms. The van der Waals surface area contributed by atoms with Gasteiger partial charge in [-0.1, -0.05) is 165 Å². The number of benzene rings is 7. The van der Waals surface area contributed by atoms with E-state index in [1.54, 1.807) is 29.1 Å². The van der Waals surface area contributed by atoms with Crippen LogP contribution >= 0.6 is 0 Å². The Kier molecular flexibility index (Phi) is 7.13. The Morgan fingerprint density at radius 1 is 0.621 bits per heavy atom. The third-order valence-electron chi connectivity index (χ3n) is 14.9. The number of rotatable bonds is 7. The third kappa shape index (κ3) is 6.27. The summed E-state index contributed by atoms with van der Waals surface area (Å²) in [5.74, 6) is 1.97. The predicted molar refractivity (Wildman–Crippen MR) is 273 cm³/mol. The van der Waals surface area contributed by atoms with Crippen LogP contribution in [-0.2, 0) is 16.2 Å². The zero-order valence-electron chi connectivity index (χ0n) is 48.7. The fraction of sp³-hybridized carbons (Fsp3) is 0.213. The van der Waals surface area contributed by atoms with Crippen molar-refractivity contribution in [3.8, 4) is 50.9 Å². The van der Waals surface area contributed by atoms with Crippen LogP contribution < -0.4 is 9.30 Å². The maximum absolute atomic E-state index is 9.07. The second kappa shape index (κ2) is 14.9. The Bertz CT molecular complexity index is 3980. The summed E-state index contributed by atoms with van der Waals surface area (Å²) in [7, 11) is 0. The molecule has 0 atom stereocenters. The highest BCUT2D eigenvalue weighted by Gasteiger charge is 2.57. The van der Waals surface area contributed by atoms with E-state index in [1.807, 2.05) is 65.4 Å². The van der Waals surface area contributed by atoms with Crippen LogP contribution in [-0.4, -0.2) is 14.1 Å². The Hall–Kier alpha value is -7.24. The molecule has 10 aromatic rings. The van der Waals surface area contributed by atoms with E-state index >= 15 is 0 Å². The summed E-state index contributed by atoms with van der Waals surface area (Å²) in [4.78, 5) is 5.01. The summed E-state index contributed by atoms with van der Waals surface area (Å²) in [6.45, 7) is 20.9. The van der Waals surface area contributed by atoms with Gasteiger partial charge in [-0.25, -0.2) is 4.98 Å². The highest BCUT2D eigenvalue weighted by Crippen LogP contribution is 2.63. The molecule has 0 radical (unpaired) electrons. The molecule has 0 amide bonds. The molecule has 1 aliphatic carbocycles. The molecule has 0 unspecified atom stereocenters. The van der Waals surface area contributed by atoms with E-state index in [-0.39, 0.29) is 49.6 Å². The van der Waals surface area contributed by atoms with Crippen molar-refractivity contribution in [1.82, 2.24) is 14.1 Å². The number of nitrogens with zero attached hydrogens (tertiary/aromatic N) is 4. The molecule has 0 aliphatic heterocycles. The van der Waals surface area contributed by atoms with Crippen molar-refractivity contribution in [2.24, 2.45) is 5.41 Å². The number of aromatic nitrogens is 4. The Balaban J connectivity index is 1.10. The predicted octanol–water partition coefficient (Wildman–Crippen LogP) is 15.4. The summed E-state index contributed by atoms with van der Waals surface area (Å²) in [6.07, 6.45) is 3.69. The summed E-state index contributed by atoms with van der Waals surface area (Å²) < 4.78 is 100. The number of hydrogen-bond donors (Lipinski definition) is 0. The highest BCUT2D eigenvalue weighted by molar-refractivity contribution is 6.12. The van der Waals surface area contributed by atoms with Gasteiger partial charge in [-0.3, -0.25) is 4.57 Å². The summed E-state index contributed by atoms with van der Waals surface area (Å²) in [5.41, 5.74) is 7.89. The topological polar surface area (TPSA) is 35.9 Å². The average Bonchev–Trinajstić information content (AvgIpc) is 4.00. The fourth-order valence-electron chi connectivity index (χ4n) is 10.3. The van der Waals surface area contributed by atoms with Gasteiger partial charge in [-0.05, 0) is 104 Å². The van der Waals surface area contributed by atoms with Crippen molar-refractivity contribution in [3.05, 3.63) is 199 Å². The third-order valence-corrected chi connectivity index (χ3v) is 14.9. The standard InChI is InChI=1S/C61H57N4O/c1-58(2,3)42-34-35-62-54(36-42)65-52-33-32-49-56(60(6,7)61(8,9)59(49,4)5)55(52)48-31-30-45(38-53(48)65)66-44-25-18-24-43(37-44)63-39-64(51-29-17-16-28-50(51)63)57-46(40-20-12-10-13-21-40)26-19-27-47(57)41-22-14-11-15-23-41/h10-39H,1-9H3/q+1/i10D,11D,12D,13D,14D,15D,20D,21D,22D,23D. The minimum atomic E-state index is -0.556. The molecule has 0 fully saturated rings. The fourth-order valence-corrected chi connectivity index (χ4v) is 10.3. The average molecular weight is 872 g/mol. The minimum absolute atomic E-state index is 0.0613. The van der Waals surface area contributed by atoms with Crippen molar-refractivity contribution in [3.63, 3.8) is 0 Å². The van der Waals surface area contributed by atoms with Crippen LogP contribution in [0.15, 0.2) is 182 Å². The van der Waals surface area contributed by atoms with Crippen LogP contribution in [0, 0.1) is 5.41 Å². The van der Waals surface area contributed by atoms with Gasteiger partial charge in [0.15, 0.2) is 11.0 Å². The first kappa shape index (κ1) is 31.6. The van der Waals surface area contributed by atoms with E-state index in [2.05, 4.69) is 103 Å². The van der Waals surface area contributed by atoms with Gasteiger partial charge in [0.1, 0.15) is 28.7 Å². The molecule has 11 rings (SSSR count). The van der Waals surface area contributed by atoms with E-state index < -0.39 is 60.4 Å². The number of imidazole rings is 1. The van der Waals surface area contributed by atoms with Crippen molar-refractivity contribution in [2.45, 2.75) is 78.6 Å². The largest absolute Gasteiger partial charge is 0.457 e. The lowest BCUT2D eigenvalue weighted by Crippen LogP contribution is -2.42. The number of ether oxygens (including phenoxy) is 1. The number of para-hydroxylation sites is 3. The highest BCUT2D eigenvalue weighted by atomic mass is 16.5. The zero-order chi connectivity index (χ0) is 54.5. The number of fused-ring (bicyclic) bond motifs is 6. The summed E-state index contributed by atoms with van der Waals surface area (Å²) >= 11 is 0. The first-order valence-corrected chi connectivity index (χ1v) is 22.5. The van der Waals surface area contributed by atoms with E-state index in [0.29, 0.717) is 28.2 Å². The molecule has 5 nitrogen and oxygen atoms in total. The lowest BCUT2D eigenvalue weighted by molar-refractivity contribution is -0.566. The van der Waals surface area contributed by atoms with Crippen molar-refractivity contribution < 1.29 is 23.0 Å². The molecule has 3 aromatic heterocycles. The molecule has 0 spiro atoms. The van der Waals surface area contributed by atoms with Gasteiger partial charge in [-0.15, -0.1) is 0 Å². The molecular formula is C61H57N4O+. The summed E-state index contributed by atoms with van der Waals surface area (Å²) in [6, 6.07) is 30.1. The van der Waals surface area contributed by atoms with Crippen molar-refractivity contribution in [2.75, 3.05) is 0 Å². The van der Waals surface area contributed by atoms with Gasteiger partial charge in [0.2, 0.25) is 0 Å². The normalized spacial score (nSPS) is 17.2. The molecule has 3 heterocycles. The first-order valence-electron chi connectivity index (χ1n) is 27.5. The molecule has 5 heteroatoms. The maximum atomic E-state index is 9.07. The first-order chi connectivity index (χ1) is 35.8. The minimum Gasteiger partial charge on any atom is -0.457 e. The smallest absolute Gasteiger partial charge is 0.255 e. The van der Waals surface area contributed by atoms with E-state index in [4.69, 9.17) is 23.4 Å². The van der Waals surface area contributed by atoms with Crippen molar-refractivity contribution in [1.29, 1.82) is 0 Å². The maximum Gasteiger partial charge on any atom is 0.255 e.